The van der Waals surface area contributed by atoms with Crippen molar-refractivity contribution in [2.75, 3.05) is 37.5 Å². The number of benzene rings is 2. The molecule has 0 saturated carbocycles. The normalized spacial score (nSPS) is 10.4. The zero-order valence-corrected chi connectivity index (χ0v) is 16.4. The Bertz CT molecular complexity index is 889. The van der Waals surface area contributed by atoms with E-state index in [-0.39, 0.29) is 0 Å². The molecule has 1 N–H and O–H groups in total. The molecule has 0 amide bonds. The lowest BCUT2D eigenvalue weighted by Gasteiger charge is -2.21. The van der Waals surface area contributed by atoms with Gasteiger partial charge in [-0.05, 0) is 43.2 Å². The number of nitrogens with one attached hydrogen (secondary N) is 1. The second-order valence-electron chi connectivity index (χ2n) is 6.08. The minimum absolute atomic E-state index is 0.507. The van der Waals surface area contributed by atoms with E-state index < -0.39 is 0 Å². The Labute approximate surface area is 165 Å². The smallest absolute Gasteiger partial charge is 0.244 e. The lowest BCUT2D eigenvalue weighted by molar-refractivity contribution is 0.354. The number of hydrogen-bond acceptors (Lipinski definition) is 7. The number of ether oxygens (including phenoxy) is 2. The standard InChI is InChI=1S/C21H25N5O2/c1-4-26(17-8-6-5-7-9-17)20-15-23-25-21(24-20)22-13-12-16-10-11-18(27-2)19(14-16)28-3/h5-11,14-15H,4,12-13H2,1-3H3,(H,22,24,25). The molecule has 7 nitrogen and oxygen atoms in total. The average Bonchev–Trinajstić information content (AvgIpc) is 2.75. The monoisotopic (exact) mass is 379 g/mol. The summed E-state index contributed by atoms with van der Waals surface area (Å²) in [5.74, 6) is 2.71. The molecule has 7 heteroatoms. The number of hydrogen-bond donors (Lipinski definition) is 1. The Morgan fingerprint density at radius 1 is 1.00 bits per heavy atom. The predicted molar refractivity (Wildman–Crippen MR) is 111 cm³/mol. The van der Waals surface area contributed by atoms with Crippen LogP contribution in [0.4, 0.5) is 17.5 Å². The third-order valence-electron chi connectivity index (χ3n) is 4.35. The van der Waals surface area contributed by atoms with Gasteiger partial charge >= 0.3 is 0 Å². The van der Waals surface area contributed by atoms with E-state index in [1.165, 1.54) is 0 Å². The molecular weight excluding hydrogens is 354 g/mol. The first-order valence-electron chi connectivity index (χ1n) is 9.22. The van der Waals surface area contributed by atoms with Crippen molar-refractivity contribution in [3.05, 3.63) is 60.3 Å². The van der Waals surface area contributed by atoms with E-state index in [0.717, 1.165) is 41.5 Å². The van der Waals surface area contributed by atoms with Crippen molar-refractivity contribution >= 4 is 17.5 Å². The number of methoxy groups -OCH3 is 2. The Hall–Kier alpha value is -3.35. The van der Waals surface area contributed by atoms with Crippen LogP contribution in [-0.2, 0) is 6.42 Å². The van der Waals surface area contributed by atoms with Crippen molar-refractivity contribution in [1.29, 1.82) is 0 Å². The van der Waals surface area contributed by atoms with Gasteiger partial charge in [0.05, 0.1) is 20.4 Å². The first-order valence-corrected chi connectivity index (χ1v) is 9.22. The lowest BCUT2D eigenvalue weighted by Crippen LogP contribution is -2.19. The summed E-state index contributed by atoms with van der Waals surface area (Å²) >= 11 is 0. The summed E-state index contributed by atoms with van der Waals surface area (Å²) in [6.07, 6.45) is 2.47. The molecule has 0 aliphatic rings. The predicted octanol–water partition coefficient (Wildman–Crippen LogP) is 3.70. The maximum Gasteiger partial charge on any atom is 0.244 e. The van der Waals surface area contributed by atoms with Crippen LogP contribution in [0.2, 0.25) is 0 Å². The van der Waals surface area contributed by atoms with Crippen molar-refractivity contribution in [3.8, 4) is 11.5 Å². The summed E-state index contributed by atoms with van der Waals surface area (Å²) in [7, 11) is 3.27. The number of aromatic nitrogens is 3. The molecule has 2 aromatic carbocycles. The van der Waals surface area contributed by atoms with Crippen LogP contribution in [0, 0.1) is 0 Å². The summed E-state index contributed by atoms with van der Waals surface area (Å²) in [4.78, 5) is 6.70. The number of rotatable bonds is 9. The molecule has 0 aliphatic heterocycles. The van der Waals surface area contributed by atoms with E-state index in [9.17, 15) is 0 Å². The van der Waals surface area contributed by atoms with Crippen LogP contribution in [0.15, 0.2) is 54.7 Å². The minimum Gasteiger partial charge on any atom is -0.493 e. The van der Waals surface area contributed by atoms with Gasteiger partial charge in [-0.15, -0.1) is 5.10 Å². The Balaban J connectivity index is 1.65. The van der Waals surface area contributed by atoms with Gasteiger partial charge in [-0.1, -0.05) is 24.3 Å². The van der Waals surface area contributed by atoms with Crippen molar-refractivity contribution in [1.82, 2.24) is 15.2 Å². The highest BCUT2D eigenvalue weighted by Crippen LogP contribution is 2.27. The Morgan fingerprint density at radius 2 is 1.79 bits per heavy atom. The van der Waals surface area contributed by atoms with E-state index in [1.807, 2.05) is 36.4 Å². The zero-order chi connectivity index (χ0) is 19.8. The van der Waals surface area contributed by atoms with Gasteiger partial charge < -0.3 is 19.7 Å². The second kappa shape index (κ2) is 9.55. The Kier molecular flexibility index (Phi) is 6.62. The quantitative estimate of drug-likeness (QED) is 0.608. The van der Waals surface area contributed by atoms with Gasteiger partial charge in [-0.25, -0.2) is 0 Å². The molecule has 0 bridgehead atoms. The van der Waals surface area contributed by atoms with Gasteiger partial charge in [0.1, 0.15) is 0 Å². The van der Waals surface area contributed by atoms with Crippen LogP contribution in [0.5, 0.6) is 11.5 Å². The number of nitrogens with zero attached hydrogens (tertiary/aromatic N) is 4. The SMILES string of the molecule is CCN(c1ccccc1)c1cnnc(NCCc2ccc(OC)c(OC)c2)n1. The Morgan fingerprint density at radius 3 is 2.50 bits per heavy atom. The fraction of sp³-hybridized carbons (Fsp3) is 0.286. The van der Waals surface area contributed by atoms with E-state index in [2.05, 4.69) is 44.5 Å². The van der Waals surface area contributed by atoms with E-state index in [0.29, 0.717) is 12.5 Å². The largest absolute Gasteiger partial charge is 0.493 e. The first-order chi connectivity index (χ1) is 13.7. The van der Waals surface area contributed by atoms with Gasteiger partial charge in [-0.3, -0.25) is 0 Å². The molecular formula is C21H25N5O2. The molecule has 1 aromatic heterocycles. The van der Waals surface area contributed by atoms with Crippen LogP contribution in [0.1, 0.15) is 12.5 Å². The summed E-state index contributed by atoms with van der Waals surface area (Å²) in [5, 5.41) is 11.4. The first kappa shape index (κ1) is 19.4. The van der Waals surface area contributed by atoms with Gasteiger partial charge in [0, 0.05) is 18.8 Å². The lowest BCUT2D eigenvalue weighted by atomic mass is 10.1. The molecule has 3 rings (SSSR count). The maximum absolute atomic E-state index is 5.35. The molecule has 0 spiro atoms. The molecule has 0 aliphatic carbocycles. The van der Waals surface area contributed by atoms with Gasteiger partial charge in [0.2, 0.25) is 5.95 Å². The molecule has 0 saturated heterocycles. The zero-order valence-electron chi connectivity index (χ0n) is 16.4. The fourth-order valence-electron chi connectivity index (χ4n) is 2.94. The number of anilines is 3. The van der Waals surface area contributed by atoms with Crippen LogP contribution in [0.25, 0.3) is 0 Å². The third-order valence-corrected chi connectivity index (χ3v) is 4.35. The number of para-hydroxylation sites is 1. The highest BCUT2D eigenvalue weighted by molar-refractivity contribution is 5.59. The molecule has 3 aromatic rings. The molecule has 0 unspecified atom stereocenters. The van der Waals surface area contributed by atoms with Crippen molar-refractivity contribution in [3.63, 3.8) is 0 Å². The summed E-state index contributed by atoms with van der Waals surface area (Å²) in [5.41, 5.74) is 2.20. The molecule has 0 atom stereocenters. The van der Waals surface area contributed by atoms with Crippen molar-refractivity contribution in [2.24, 2.45) is 0 Å². The van der Waals surface area contributed by atoms with Crippen LogP contribution >= 0.6 is 0 Å². The summed E-state index contributed by atoms with van der Waals surface area (Å²) in [6.45, 7) is 3.55. The minimum atomic E-state index is 0.507. The molecule has 0 radical (unpaired) electrons. The fourth-order valence-corrected chi connectivity index (χ4v) is 2.94. The van der Waals surface area contributed by atoms with Crippen LogP contribution < -0.4 is 19.7 Å². The molecule has 146 valence electrons. The van der Waals surface area contributed by atoms with Crippen LogP contribution in [0.3, 0.4) is 0 Å². The highest BCUT2D eigenvalue weighted by atomic mass is 16.5. The van der Waals surface area contributed by atoms with Crippen molar-refractivity contribution in [2.45, 2.75) is 13.3 Å². The molecule has 1 heterocycles. The molecule has 0 fully saturated rings. The average molecular weight is 379 g/mol. The van der Waals surface area contributed by atoms with Crippen LogP contribution in [-0.4, -0.2) is 42.5 Å². The summed E-state index contributed by atoms with van der Waals surface area (Å²) < 4.78 is 10.6. The van der Waals surface area contributed by atoms with Gasteiger partial charge in [0.25, 0.3) is 0 Å². The van der Waals surface area contributed by atoms with E-state index >= 15 is 0 Å². The van der Waals surface area contributed by atoms with Crippen molar-refractivity contribution < 1.29 is 9.47 Å². The maximum atomic E-state index is 5.35. The molecule has 28 heavy (non-hydrogen) atoms. The van der Waals surface area contributed by atoms with Gasteiger partial charge in [-0.2, -0.15) is 10.1 Å². The second-order valence-corrected chi connectivity index (χ2v) is 6.08. The van der Waals surface area contributed by atoms with Gasteiger partial charge in [0.15, 0.2) is 17.3 Å². The van der Waals surface area contributed by atoms with E-state index in [4.69, 9.17) is 9.47 Å². The third kappa shape index (κ3) is 4.68. The van der Waals surface area contributed by atoms with E-state index in [1.54, 1.807) is 20.4 Å². The summed E-state index contributed by atoms with van der Waals surface area (Å²) in [6, 6.07) is 16.0. The topological polar surface area (TPSA) is 72.4 Å². The highest BCUT2D eigenvalue weighted by Gasteiger charge is 2.10.